The molecule has 0 saturated carbocycles. The van der Waals surface area contributed by atoms with E-state index in [1.165, 1.54) is 5.69 Å². The standard InChI is InChI=1S/C11H17NO/c1-11(2,3)9-7-13-8-12-6-4-5-10(9)12/h4-6,9H,7-8H2,1-3H3. The number of hydrogen-bond acceptors (Lipinski definition) is 1. The number of rotatable bonds is 0. The lowest BCUT2D eigenvalue weighted by atomic mass is 9.79. The molecule has 0 saturated heterocycles. The zero-order valence-corrected chi connectivity index (χ0v) is 8.58. The second-order valence-electron chi connectivity index (χ2n) is 4.82. The van der Waals surface area contributed by atoms with Crippen LogP contribution in [0.4, 0.5) is 0 Å². The Labute approximate surface area is 79.5 Å². The van der Waals surface area contributed by atoms with Crippen molar-refractivity contribution >= 4 is 0 Å². The minimum absolute atomic E-state index is 0.288. The molecule has 0 N–H and O–H groups in total. The van der Waals surface area contributed by atoms with Crippen LogP contribution in [0.25, 0.3) is 0 Å². The highest BCUT2D eigenvalue weighted by Crippen LogP contribution is 2.37. The summed E-state index contributed by atoms with van der Waals surface area (Å²) in [7, 11) is 0. The van der Waals surface area contributed by atoms with E-state index in [-0.39, 0.29) is 5.41 Å². The van der Waals surface area contributed by atoms with E-state index in [0.29, 0.717) is 5.92 Å². The second-order valence-corrected chi connectivity index (χ2v) is 4.82. The zero-order valence-electron chi connectivity index (χ0n) is 8.58. The Morgan fingerprint density at radius 1 is 1.46 bits per heavy atom. The van der Waals surface area contributed by atoms with Crippen LogP contribution in [0.15, 0.2) is 18.3 Å². The van der Waals surface area contributed by atoms with Gasteiger partial charge in [0.2, 0.25) is 0 Å². The average Bonchev–Trinajstić information content (AvgIpc) is 2.48. The molecule has 1 aromatic heterocycles. The Morgan fingerprint density at radius 2 is 2.23 bits per heavy atom. The van der Waals surface area contributed by atoms with Crippen molar-refractivity contribution in [2.45, 2.75) is 33.4 Å². The topological polar surface area (TPSA) is 14.2 Å². The minimum atomic E-state index is 0.288. The van der Waals surface area contributed by atoms with Crippen molar-refractivity contribution in [3.63, 3.8) is 0 Å². The second kappa shape index (κ2) is 2.88. The fraction of sp³-hybridized carbons (Fsp3) is 0.636. The van der Waals surface area contributed by atoms with Crippen molar-refractivity contribution in [1.29, 1.82) is 0 Å². The molecule has 2 heterocycles. The summed E-state index contributed by atoms with van der Waals surface area (Å²) in [6.07, 6.45) is 2.09. The molecule has 0 spiro atoms. The Hall–Kier alpha value is -0.760. The van der Waals surface area contributed by atoms with Gasteiger partial charge in [-0.25, -0.2) is 0 Å². The third-order valence-electron chi connectivity index (χ3n) is 2.78. The van der Waals surface area contributed by atoms with Crippen LogP contribution in [-0.4, -0.2) is 11.2 Å². The summed E-state index contributed by atoms with van der Waals surface area (Å²) in [5, 5.41) is 0. The molecule has 2 rings (SSSR count). The molecule has 2 heteroatoms. The van der Waals surface area contributed by atoms with Gasteiger partial charge in [0.05, 0.1) is 6.61 Å². The molecule has 13 heavy (non-hydrogen) atoms. The van der Waals surface area contributed by atoms with Crippen molar-refractivity contribution in [3.8, 4) is 0 Å². The fourth-order valence-electron chi connectivity index (χ4n) is 1.91. The molecule has 0 aromatic carbocycles. The molecule has 72 valence electrons. The van der Waals surface area contributed by atoms with Gasteiger partial charge in [0.25, 0.3) is 0 Å². The third kappa shape index (κ3) is 1.51. The first-order valence-corrected chi connectivity index (χ1v) is 4.82. The zero-order chi connectivity index (χ0) is 9.47. The predicted molar refractivity (Wildman–Crippen MR) is 52.6 cm³/mol. The highest BCUT2D eigenvalue weighted by molar-refractivity contribution is 5.16. The molecule has 2 nitrogen and oxygen atoms in total. The molecule has 0 amide bonds. The molecule has 1 atom stereocenters. The summed E-state index contributed by atoms with van der Waals surface area (Å²) in [6, 6.07) is 4.31. The van der Waals surface area contributed by atoms with Gasteiger partial charge in [0, 0.05) is 17.8 Å². The summed E-state index contributed by atoms with van der Waals surface area (Å²) in [6.45, 7) is 8.37. The molecule has 0 fully saturated rings. The molecule has 1 aliphatic heterocycles. The first kappa shape index (κ1) is 8.82. The highest BCUT2D eigenvalue weighted by Gasteiger charge is 2.30. The lowest BCUT2D eigenvalue weighted by Gasteiger charge is -2.34. The van der Waals surface area contributed by atoms with Gasteiger partial charge in [-0.2, -0.15) is 0 Å². The van der Waals surface area contributed by atoms with Crippen molar-refractivity contribution in [2.75, 3.05) is 6.61 Å². The molecule has 1 aliphatic rings. The van der Waals surface area contributed by atoms with Gasteiger partial charge in [-0.3, -0.25) is 0 Å². The Bertz CT molecular complexity index is 295. The first-order valence-electron chi connectivity index (χ1n) is 4.82. The van der Waals surface area contributed by atoms with Crippen molar-refractivity contribution in [1.82, 2.24) is 4.57 Å². The van der Waals surface area contributed by atoms with Gasteiger partial charge in [0.1, 0.15) is 6.73 Å². The molecule has 0 bridgehead atoms. The summed E-state index contributed by atoms with van der Waals surface area (Å²) in [5.74, 6) is 0.524. The first-order chi connectivity index (χ1) is 6.09. The van der Waals surface area contributed by atoms with E-state index in [1.807, 2.05) is 0 Å². The predicted octanol–water partition coefficient (Wildman–Crippen LogP) is 2.61. The lowest BCUT2D eigenvalue weighted by Crippen LogP contribution is -2.30. The average molecular weight is 179 g/mol. The van der Waals surface area contributed by atoms with Gasteiger partial charge >= 0.3 is 0 Å². The van der Waals surface area contributed by atoms with E-state index in [2.05, 4.69) is 43.7 Å². The van der Waals surface area contributed by atoms with Crippen LogP contribution in [0.5, 0.6) is 0 Å². The van der Waals surface area contributed by atoms with E-state index in [4.69, 9.17) is 4.74 Å². The maximum absolute atomic E-state index is 5.56. The Kier molecular flexibility index (Phi) is 1.95. The van der Waals surface area contributed by atoms with Gasteiger partial charge in [-0.15, -0.1) is 0 Å². The van der Waals surface area contributed by atoms with E-state index in [9.17, 15) is 0 Å². The minimum Gasteiger partial charge on any atom is -0.360 e. The summed E-state index contributed by atoms with van der Waals surface area (Å²) in [4.78, 5) is 0. The van der Waals surface area contributed by atoms with Crippen LogP contribution in [0.2, 0.25) is 0 Å². The van der Waals surface area contributed by atoms with E-state index in [0.717, 1.165) is 13.3 Å². The van der Waals surface area contributed by atoms with E-state index >= 15 is 0 Å². The van der Waals surface area contributed by atoms with Crippen molar-refractivity contribution in [3.05, 3.63) is 24.0 Å². The number of aromatic nitrogens is 1. The number of fused-ring (bicyclic) bond motifs is 1. The summed E-state index contributed by atoms with van der Waals surface area (Å²) in [5.41, 5.74) is 1.70. The van der Waals surface area contributed by atoms with Crippen molar-refractivity contribution < 1.29 is 4.74 Å². The number of ether oxygens (including phenoxy) is 1. The number of hydrogen-bond donors (Lipinski definition) is 0. The van der Waals surface area contributed by atoms with Gasteiger partial charge in [-0.05, 0) is 17.5 Å². The largest absolute Gasteiger partial charge is 0.360 e. The molecular formula is C11H17NO. The van der Waals surface area contributed by atoms with E-state index in [1.54, 1.807) is 0 Å². The van der Waals surface area contributed by atoms with Crippen LogP contribution in [0.1, 0.15) is 32.4 Å². The van der Waals surface area contributed by atoms with Gasteiger partial charge < -0.3 is 9.30 Å². The van der Waals surface area contributed by atoms with Crippen LogP contribution >= 0.6 is 0 Å². The summed E-state index contributed by atoms with van der Waals surface area (Å²) < 4.78 is 7.75. The highest BCUT2D eigenvalue weighted by atomic mass is 16.5. The molecule has 0 aliphatic carbocycles. The van der Waals surface area contributed by atoms with Crippen molar-refractivity contribution in [2.24, 2.45) is 5.41 Å². The molecule has 1 unspecified atom stereocenters. The van der Waals surface area contributed by atoms with Gasteiger partial charge in [-0.1, -0.05) is 20.8 Å². The SMILES string of the molecule is CC(C)(C)C1COCn2cccc21. The monoisotopic (exact) mass is 179 g/mol. The van der Waals surface area contributed by atoms with E-state index < -0.39 is 0 Å². The normalized spacial score (nSPS) is 22.8. The van der Waals surface area contributed by atoms with Crippen LogP contribution in [-0.2, 0) is 11.5 Å². The van der Waals surface area contributed by atoms with Crippen LogP contribution in [0, 0.1) is 5.41 Å². The Balaban J connectivity index is 2.35. The van der Waals surface area contributed by atoms with Crippen LogP contribution < -0.4 is 0 Å². The number of nitrogens with zero attached hydrogens (tertiary/aromatic N) is 1. The smallest absolute Gasteiger partial charge is 0.122 e. The third-order valence-corrected chi connectivity index (χ3v) is 2.78. The molecule has 1 aromatic rings. The molecular weight excluding hydrogens is 162 g/mol. The molecule has 0 radical (unpaired) electrons. The lowest BCUT2D eigenvalue weighted by molar-refractivity contribution is 0.0138. The maximum Gasteiger partial charge on any atom is 0.122 e. The van der Waals surface area contributed by atoms with Crippen LogP contribution in [0.3, 0.4) is 0 Å². The van der Waals surface area contributed by atoms with Gasteiger partial charge in [0.15, 0.2) is 0 Å². The maximum atomic E-state index is 5.56. The Morgan fingerprint density at radius 3 is 2.92 bits per heavy atom. The quantitative estimate of drug-likeness (QED) is 0.597. The summed E-state index contributed by atoms with van der Waals surface area (Å²) >= 11 is 0. The fourth-order valence-corrected chi connectivity index (χ4v) is 1.91.